The SMILES string of the molecule is CC(=O)OOc1cc(C2=NOC3(CCOC3)C2)ccc1OC(F)F. The number of nitrogens with zero attached hydrogens (tertiary/aromatic N) is 1. The fraction of sp³-hybridized carbons (Fsp3) is 0.467. The molecule has 0 saturated carbocycles. The fourth-order valence-electron chi connectivity index (χ4n) is 2.53. The maximum atomic E-state index is 12.5. The van der Waals surface area contributed by atoms with Gasteiger partial charge < -0.3 is 14.3 Å². The Morgan fingerprint density at radius 3 is 2.88 bits per heavy atom. The van der Waals surface area contributed by atoms with Crippen LogP contribution in [0.2, 0.25) is 0 Å². The molecule has 0 bridgehead atoms. The first-order chi connectivity index (χ1) is 11.5. The molecule has 1 aromatic carbocycles. The van der Waals surface area contributed by atoms with Gasteiger partial charge in [0.05, 0.1) is 18.9 Å². The Balaban J connectivity index is 1.81. The maximum absolute atomic E-state index is 12.5. The predicted octanol–water partition coefficient (Wildman–Crippen LogP) is 2.43. The maximum Gasteiger partial charge on any atom is 0.387 e. The Bertz CT molecular complexity index is 657. The van der Waals surface area contributed by atoms with Gasteiger partial charge in [0.2, 0.25) is 5.75 Å². The van der Waals surface area contributed by atoms with Gasteiger partial charge in [-0.2, -0.15) is 8.78 Å². The molecule has 1 spiro atoms. The summed E-state index contributed by atoms with van der Waals surface area (Å²) in [4.78, 5) is 25.5. The van der Waals surface area contributed by atoms with Gasteiger partial charge in [0, 0.05) is 25.3 Å². The molecule has 0 radical (unpaired) electrons. The minimum Gasteiger partial charge on any atom is -0.431 e. The second-order valence-corrected chi connectivity index (χ2v) is 5.49. The van der Waals surface area contributed by atoms with Gasteiger partial charge in [-0.3, -0.25) is 9.78 Å². The lowest BCUT2D eigenvalue weighted by molar-refractivity contribution is -0.212. The molecule has 9 heteroatoms. The van der Waals surface area contributed by atoms with Gasteiger partial charge in [0.15, 0.2) is 11.4 Å². The van der Waals surface area contributed by atoms with Crippen LogP contribution in [0, 0.1) is 0 Å². The van der Waals surface area contributed by atoms with E-state index in [1.165, 1.54) is 12.1 Å². The lowest BCUT2D eigenvalue weighted by Gasteiger charge is -2.17. The average Bonchev–Trinajstić information content (AvgIpc) is 3.16. The van der Waals surface area contributed by atoms with Gasteiger partial charge in [-0.05, 0) is 18.2 Å². The molecule has 1 aromatic rings. The summed E-state index contributed by atoms with van der Waals surface area (Å²) in [7, 11) is 0. The number of hydrogen-bond donors (Lipinski definition) is 0. The Morgan fingerprint density at radius 2 is 2.21 bits per heavy atom. The summed E-state index contributed by atoms with van der Waals surface area (Å²) in [5, 5.41) is 4.05. The zero-order chi connectivity index (χ0) is 17.2. The van der Waals surface area contributed by atoms with E-state index in [1.54, 1.807) is 6.07 Å². The van der Waals surface area contributed by atoms with Crippen LogP contribution in [0.25, 0.3) is 0 Å². The van der Waals surface area contributed by atoms with Crippen LogP contribution in [-0.2, 0) is 19.3 Å². The van der Waals surface area contributed by atoms with Gasteiger partial charge in [0.25, 0.3) is 0 Å². The van der Waals surface area contributed by atoms with Crippen LogP contribution in [0.1, 0.15) is 25.3 Å². The third-order valence-corrected chi connectivity index (χ3v) is 3.65. The molecule has 24 heavy (non-hydrogen) atoms. The molecule has 2 heterocycles. The Kier molecular flexibility index (Phi) is 4.52. The normalized spacial score (nSPS) is 22.4. The predicted molar refractivity (Wildman–Crippen MR) is 75.9 cm³/mol. The third-order valence-electron chi connectivity index (χ3n) is 3.65. The van der Waals surface area contributed by atoms with Crippen molar-refractivity contribution < 1.29 is 37.7 Å². The summed E-state index contributed by atoms with van der Waals surface area (Å²) in [6.07, 6.45) is 1.25. The van der Waals surface area contributed by atoms with Crippen molar-refractivity contribution in [1.29, 1.82) is 0 Å². The number of carbonyl (C=O) groups is 1. The van der Waals surface area contributed by atoms with Crippen LogP contribution in [0.15, 0.2) is 23.4 Å². The summed E-state index contributed by atoms with van der Waals surface area (Å²) in [5.74, 6) is -1.14. The summed E-state index contributed by atoms with van der Waals surface area (Å²) in [5.41, 5.74) is 0.740. The molecule has 2 aliphatic rings. The molecule has 1 unspecified atom stereocenters. The molecular formula is C15H15F2NO6. The van der Waals surface area contributed by atoms with Crippen molar-refractivity contribution in [2.24, 2.45) is 5.16 Å². The summed E-state index contributed by atoms with van der Waals surface area (Å²) >= 11 is 0. The van der Waals surface area contributed by atoms with E-state index >= 15 is 0 Å². The third kappa shape index (κ3) is 3.56. The highest BCUT2D eigenvalue weighted by Crippen LogP contribution is 2.36. The van der Waals surface area contributed by atoms with Crippen molar-refractivity contribution >= 4 is 11.7 Å². The Morgan fingerprint density at radius 1 is 1.38 bits per heavy atom. The number of hydrogen-bond acceptors (Lipinski definition) is 7. The van der Waals surface area contributed by atoms with E-state index in [0.717, 1.165) is 13.3 Å². The van der Waals surface area contributed by atoms with Gasteiger partial charge >= 0.3 is 12.6 Å². The zero-order valence-corrected chi connectivity index (χ0v) is 12.8. The van der Waals surface area contributed by atoms with E-state index < -0.39 is 18.2 Å². The fourth-order valence-corrected chi connectivity index (χ4v) is 2.53. The first-order valence-corrected chi connectivity index (χ1v) is 7.25. The molecule has 0 aromatic heterocycles. The first-order valence-electron chi connectivity index (χ1n) is 7.25. The highest BCUT2D eigenvalue weighted by atomic mass is 19.3. The van der Waals surface area contributed by atoms with E-state index in [0.29, 0.717) is 30.9 Å². The standard InChI is InChI=1S/C15H15F2NO6/c1-9(19)22-23-13-6-10(2-3-12(13)21-14(16)17)11-7-15(24-18-11)4-5-20-8-15/h2-3,6,14H,4-5,7-8H2,1H3. The van der Waals surface area contributed by atoms with Crippen LogP contribution < -0.4 is 9.62 Å². The molecule has 1 saturated heterocycles. The van der Waals surface area contributed by atoms with Crippen molar-refractivity contribution in [3.8, 4) is 11.5 Å². The largest absolute Gasteiger partial charge is 0.431 e. The van der Waals surface area contributed by atoms with Crippen molar-refractivity contribution in [2.45, 2.75) is 32.0 Å². The second kappa shape index (κ2) is 6.60. The number of alkyl halides is 2. The van der Waals surface area contributed by atoms with E-state index in [9.17, 15) is 13.6 Å². The van der Waals surface area contributed by atoms with Gasteiger partial charge in [-0.15, -0.1) is 0 Å². The van der Waals surface area contributed by atoms with Crippen molar-refractivity contribution in [1.82, 2.24) is 0 Å². The molecule has 2 aliphatic heterocycles. The van der Waals surface area contributed by atoms with Gasteiger partial charge in [-0.25, -0.2) is 4.79 Å². The quantitative estimate of drug-likeness (QED) is 0.604. The van der Waals surface area contributed by atoms with Gasteiger partial charge in [0.1, 0.15) is 0 Å². The molecule has 0 N–H and O–H groups in total. The Labute approximate surface area is 136 Å². The molecule has 0 aliphatic carbocycles. The first kappa shape index (κ1) is 16.4. The summed E-state index contributed by atoms with van der Waals surface area (Å²) < 4.78 is 34.6. The molecule has 1 atom stereocenters. The highest BCUT2D eigenvalue weighted by Gasteiger charge is 2.43. The summed E-state index contributed by atoms with van der Waals surface area (Å²) in [6.45, 7) is -0.869. The molecule has 7 nitrogen and oxygen atoms in total. The molecule has 130 valence electrons. The van der Waals surface area contributed by atoms with Crippen LogP contribution >= 0.6 is 0 Å². The second-order valence-electron chi connectivity index (χ2n) is 5.49. The number of carbonyl (C=O) groups excluding carboxylic acids is 1. The zero-order valence-electron chi connectivity index (χ0n) is 12.8. The lowest BCUT2D eigenvalue weighted by Crippen LogP contribution is -2.29. The highest BCUT2D eigenvalue weighted by molar-refractivity contribution is 6.02. The van der Waals surface area contributed by atoms with Crippen molar-refractivity contribution in [2.75, 3.05) is 13.2 Å². The van der Waals surface area contributed by atoms with Gasteiger partial charge in [-0.1, -0.05) is 5.16 Å². The molecule has 1 fully saturated rings. The van der Waals surface area contributed by atoms with E-state index in [1.807, 2.05) is 0 Å². The molecule has 0 amide bonds. The van der Waals surface area contributed by atoms with E-state index in [4.69, 9.17) is 14.5 Å². The minimum absolute atomic E-state index is 0.158. The number of benzene rings is 1. The molecular weight excluding hydrogens is 328 g/mol. The van der Waals surface area contributed by atoms with Crippen LogP contribution in [0.3, 0.4) is 0 Å². The number of rotatable bonds is 5. The number of halogens is 2. The Hall–Kier alpha value is -2.42. The van der Waals surface area contributed by atoms with E-state index in [-0.39, 0.29) is 11.5 Å². The average molecular weight is 343 g/mol. The summed E-state index contributed by atoms with van der Waals surface area (Å²) in [6, 6.07) is 4.24. The number of oxime groups is 1. The van der Waals surface area contributed by atoms with Crippen molar-refractivity contribution in [3.05, 3.63) is 23.8 Å². The molecule has 3 rings (SSSR count). The topological polar surface area (TPSA) is 75.6 Å². The smallest absolute Gasteiger partial charge is 0.387 e. The van der Waals surface area contributed by atoms with Crippen molar-refractivity contribution in [3.63, 3.8) is 0 Å². The van der Waals surface area contributed by atoms with Crippen LogP contribution in [-0.4, -0.2) is 37.1 Å². The monoisotopic (exact) mass is 343 g/mol. The number of ether oxygens (including phenoxy) is 2. The van der Waals surface area contributed by atoms with Crippen LogP contribution in [0.4, 0.5) is 8.78 Å². The van der Waals surface area contributed by atoms with Crippen LogP contribution in [0.5, 0.6) is 11.5 Å². The minimum atomic E-state index is -3.04. The van der Waals surface area contributed by atoms with E-state index in [2.05, 4.69) is 14.8 Å². The lowest BCUT2D eigenvalue weighted by atomic mass is 9.93.